The van der Waals surface area contributed by atoms with Crippen LogP contribution in [0.3, 0.4) is 0 Å². The van der Waals surface area contributed by atoms with Gasteiger partial charge in [0.2, 0.25) is 0 Å². The van der Waals surface area contributed by atoms with Crippen LogP contribution in [0.25, 0.3) is 10.2 Å². The van der Waals surface area contributed by atoms with Crippen molar-refractivity contribution in [3.8, 4) is 0 Å². The number of guanidine groups is 1. The summed E-state index contributed by atoms with van der Waals surface area (Å²) in [5, 5.41) is 7.40. The summed E-state index contributed by atoms with van der Waals surface area (Å²) in [6.07, 6.45) is 1.02. The lowest BCUT2D eigenvalue weighted by atomic mass is 10.3. The largest absolute Gasteiger partial charge is 0.385 e. The first-order valence-corrected chi connectivity index (χ1v) is 7.79. The van der Waals surface area contributed by atoms with E-state index in [1.165, 1.54) is 4.70 Å². The molecule has 2 aromatic rings. The summed E-state index contributed by atoms with van der Waals surface area (Å²) in [5.74, 6) is 0.789. The Labute approximate surface area is 127 Å². The van der Waals surface area contributed by atoms with E-state index in [-0.39, 0.29) is 0 Å². The van der Waals surface area contributed by atoms with Gasteiger partial charge in [-0.25, -0.2) is 9.98 Å². The summed E-state index contributed by atoms with van der Waals surface area (Å²) >= 11 is 1.64. The van der Waals surface area contributed by atoms with E-state index >= 15 is 0 Å². The maximum absolute atomic E-state index is 5.06. The lowest BCUT2D eigenvalue weighted by molar-refractivity contribution is 0.170. The van der Waals surface area contributed by atoms with Crippen LogP contribution < -0.4 is 10.6 Å². The quantitative estimate of drug-likeness (QED) is 0.827. The average molecular weight is 305 g/mol. The molecule has 3 rings (SSSR count). The molecule has 0 atom stereocenters. The molecular weight excluding hydrogens is 286 g/mol. The number of aliphatic imine (C=N–C) groups is 1. The van der Waals surface area contributed by atoms with Gasteiger partial charge < -0.3 is 15.4 Å². The summed E-state index contributed by atoms with van der Waals surface area (Å²) in [4.78, 5) is 11.3. The second kappa shape index (κ2) is 6.84. The second-order valence-corrected chi connectivity index (χ2v) is 5.87. The van der Waals surface area contributed by atoms with Gasteiger partial charge >= 0.3 is 0 Å². The molecule has 0 aliphatic carbocycles. The fourth-order valence-corrected chi connectivity index (χ4v) is 3.02. The molecule has 1 aliphatic heterocycles. The predicted molar refractivity (Wildman–Crippen MR) is 86.7 cm³/mol. The number of nitrogens with zero attached hydrogens (tertiary/aromatic N) is 3. The van der Waals surface area contributed by atoms with E-state index in [4.69, 9.17) is 4.74 Å². The molecule has 0 amide bonds. The molecule has 0 fully saturated rings. The lowest BCUT2D eigenvalue weighted by Gasteiger charge is -2.26. The number of nitrogens with one attached hydrogen (secondary N) is 2. The van der Waals surface area contributed by atoms with Crippen LogP contribution in [0, 0.1) is 0 Å². The zero-order valence-electron chi connectivity index (χ0n) is 12.0. The molecule has 0 unspecified atom stereocenters. The van der Waals surface area contributed by atoms with E-state index < -0.39 is 0 Å². The predicted octanol–water partition coefficient (Wildman–Crippen LogP) is 1.92. The van der Waals surface area contributed by atoms with E-state index in [2.05, 4.69) is 31.6 Å². The number of methoxy groups -OCH3 is 1. The van der Waals surface area contributed by atoms with Crippen molar-refractivity contribution in [3.05, 3.63) is 24.3 Å². The van der Waals surface area contributed by atoms with Crippen LogP contribution in [0.1, 0.15) is 6.42 Å². The van der Waals surface area contributed by atoms with Gasteiger partial charge in [-0.15, -0.1) is 0 Å². The van der Waals surface area contributed by atoms with Gasteiger partial charge in [-0.1, -0.05) is 23.5 Å². The maximum Gasteiger partial charge on any atom is 0.199 e. The van der Waals surface area contributed by atoms with Gasteiger partial charge in [-0.3, -0.25) is 4.90 Å². The summed E-state index contributed by atoms with van der Waals surface area (Å²) in [6, 6.07) is 8.12. The fourth-order valence-electron chi connectivity index (χ4n) is 2.16. The first kappa shape index (κ1) is 14.2. The van der Waals surface area contributed by atoms with Crippen LogP contribution >= 0.6 is 11.3 Å². The number of hydrogen-bond donors (Lipinski definition) is 2. The molecule has 1 aromatic heterocycles. The summed E-state index contributed by atoms with van der Waals surface area (Å²) < 4.78 is 6.24. The number of para-hydroxylation sites is 1. The van der Waals surface area contributed by atoms with Crippen LogP contribution in [-0.2, 0) is 4.74 Å². The third-order valence-corrected chi connectivity index (χ3v) is 4.19. The number of benzene rings is 1. The van der Waals surface area contributed by atoms with E-state index in [1.54, 1.807) is 18.4 Å². The van der Waals surface area contributed by atoms with Crippen molar-refractivity contribution in [2.45, 2.75) is 6.42 Å². The smallest absolute Gasteiger partial charge is 0.199 e. The van der Waals surface area contributed by atoms with Crippen molar-refractivity contribution in [3.63, 3.8) is 0 Å². The number of ether oxygens (including phenoxy) is 1. The van der Waals surface area contributed by atoms with Crippen molar-refractivity contribution in [2.75, 3.05) is 38.9 Å². The molecule has 21 heavy (non-hydrogen) atoms. The number of thiazole rings is 1. The molecule has 2 N–H and O–H groups in total. The standard InChI is InChI=1S/C14H19N5OS/c1-20-8-4-7-19-9-15-13(16-10-19)18-14-17-11-5-2-3-6-12(11)21-14/h2-3,5-6H,4,7-10H2,1H3,(H2,15,16,17,18). The summed E-state index contributed by atoms with van der Waals surface area (Å²) in [5.41, 5.74) is 1.02. The normalized spacial score (nSPS) is 15.8. The molecule has 0 radical (unpaired) electrons. The van der Waals surface area contributed by atoms with Crippen molar-refractivity contribution < 1.29 is 4.74 Å². The van der Waals surface area contributed by atoms with E-state index in [9.17, 15) is 0 Å². The highest BCUT2D eigenvalue weighted by atomic mass is 32.1. The Morgan fingerprint density at radius 3 is 3.10 bits per heavy atom. The minimum Gasteiger partial charge on any atom is -0.385 e. The molecule has 0 spiro atoms. The molecule has 1 aliphatic rings. The van der Waals surface area contributed by atoms with Crippen LogP contribution in [0.4, 0.5) is 5.13 Å². The molecular formula is C14H19N5OS. The van der Waals surface area contributed by atoms with E-state index in [1.807, 2.05) is 18.2 Å². The number of anilines is 1. The van der Waals surface area contributed by atoms with E-state index in [0.717, 1.165) is 42.8 Å². The SMILES string of the molecule is COCCCN1CN=C(Nc2nc3ccccc3s2)NC1. The molecule has 0 bridgehead atoms. The van der Waals surface area contributed by atoms with Crippen LogP contribution in [0.5, 0.6) is 0 Å². The highest BCUT2D eigenvalue weighted by molar-refractivity contribution is 7.22. The number of rotatable bonds is 5. The number of fused-ring (bicyclic) bond motifs is 1. The fraction of sp³-hybridized carbons (Fsp3) is 0.429. The summed E-state index contributed by atoms with van der Waals surface area (Å²) in [7, 11) is 1.73. The highest BCUT2D eigenvalue weighted by Gasteiger charge is 2.13. The Balaban J connectivity index is 1.56. The minimum absolute atomic E-state index is 0.698. The molecule has 6 nitrogen and oxygen atoms in total. The van der Waals surface area contributed by atoms with Gasteiger partial charge in [0, 0.05) is 20.3 Å². The number of aromatic nitrogens is 1. The first-order valence-electron chi connectivity index (χ1n) is 6.97. The Morgan fingerprint density at radius 1 is 1.43 bits per heavy atom. The number of hydrogen-bond acceptors (Lipinski definition) is 7. The van der Waals surface area contributed by atoms with Crippen molar-refractivity contribution in [1.29, 1.82) is 0 Å². The van der Waals surface area contributed by atoms with Crippen molar-refractivity contribution in [2.24, 2.45) is 4.99 Å². The zero-order valence-corrected chi connectivity index (χ0v) is 12.8. The van der Waals surface area contributed by atoms with Gasteiger partial charge in [-0.05, 0) is 18.6 Å². The second-order valence-electron chi connectivity index (χ2n) is 4.84. The van der Waals surface area contributed by atoms with Crippen molar-refractivity contribution in [1.82, 2.24) is 15.2 Å². The Kier molecular flexibility index (Phi) is 4.64. The summed E-state index contributed by atoms with van der Waals surface area (Å²) in [6.45, 7) is 3.26. The molecule has 0 saturated heterocycles. The third-order valence-electron chi connectivity index (χ3n) is 3.24. The Morgan fingerprint density at radius 2 is 2.33 bits per heavy atom. The van der Waals surface area contributed by atoms with Crippen LogP contribution in [0.15, 0.2) is 29.3 Å². The molecule has 2 heterocycles. The van der Waals surface area contributed by atoms with Gasteiger partial charge in [-0.2, -0.15) is 0 Å². The first-order chi connectivity index (χ1) is 10.3. The monoisotopic (exact) mass is 305 g/mol. The van der Waals surface area contributed by atoms with Crippen molar-refractivity contribution >= 4 is 32.6 Å². The molecule has 0 saturated carbocycles. The van der Waals surface area contributed by atoms with Crippen LogP contribution in [0.2, 0.25) is 0 Å². The minimum atomic E-state index is 0.698. The average Bonchev–Trinajstić information content (AvgIpc) is 2.91. The van der Waals surface area contributed by atoms with Gasteiger partial charge in [0.25, 0.3) is 0 Å². The third kappa shape index (κ3) is 3.69. The zero-order chi connectivity index (χ0) is 14.5. The highest BCUT2D eigenvalue weighted by Crippen LogP contribution is 2.25. The van der Waals surface area contributed by atoms with Gasteiger partial charge in [0.15, 0.2) is 11.1 Å². The van der Waals surface area contributed by atoms with Gasteiger partial charge in [0.05, 0.1) is 23.6 Å². The molecule has 112 valence electrons. The Bertz CT molecular complexity index is 594. The van der Waals surface area contributed by atoms with Crippen LogP contribution in [-0.4, -0.2) is 49.4 Å². The lowest BCUT2D eigenvalue weighted by Crippen LogP contribution is -2.46. The molecule has 7 heteroatoms. The van der Waals surface area contributed by atoms with E-state index in [0.29, 0.717) is 6.67 Å². The Hall–Kier alpha value is -1.70. The topological polar surface area (TPSA) is 61.8 Å². The maximum atomic E-state index is 5.06. The van der Waals surface area contributed by atoms with Gasteiger partial charge in [0.1, 0.15) is 0 Å². The molecule has 1 aromatic carbocycles.